The highest BCUT2D eigenvalue weighted by Crippen LogP contribution is 1.98. The van der Waals surface area contributed by atoms with Gasteiger partial charge < -0.3 is 9.47 Å². The first-order valence-corrected chi connectivity index (χ1v) is 5.10. The Kier molecular flexibility index (Phi) is 7.12. The molecule has 1 rings (SSSR count). The van der Waals surface area contributed by atoms with Crippen molar-refractivity contribution in [3.05, 3.63) is 24.3 Å². The van der Waals surface area contributed by atoms with Crippen LogP contribution in [0.2, 0.25) is 0 Å². The Balaban J connectivity index is 0.000000368. The van der Waals surface area contributed by atoms with Crippen LogP contribution in [0.4, 0.5) is 0 Å². The third-order valence-electron chi connectivity index (χ3n) is 1.71. The van der Waals surface area contributed by atoms with Crippen molar-refractivity contribution in [2.24, 2.45) is 0 Å². The van der Waals surface area contributed by atoms with E-state index in [0.717, 1.165) is 13.2 Å². The molecule has 1 heterocycles. The fourth-order valence-corrected chi connectivity index (χ4v) is 0.769. The Morgan fingerprint density at radius 3 is 1.56 bits per heavy atom. The minimum Gasteiger partial charge on any atom is -0.386 e. The molecule has 0 radical (unpaired) electrons. The molecule has 0 aliphatic carbocycles. The predicted molar refractivity (Wildman–Crippen MR) is 60.8 cm³/mol. The van der Waals surface area contributed by atoms with E-state index in [1.165, 1.54) is 26.7 Å². The van der Waals surface area contributed by atoms with E-state index >= 15 is 0 Å². The summed E-state index contributed by atoms with van der Waals surface area (Å²) in [6.45, 7) is 11.6. The molecule has 0 aromatic carbocycles. The van der Waals surface area contributed by atoms with Gasteiger partial charge in [0.05, 0.1) is 0 Å². The van der Waals surface area contributed by atoms with E-state index in [4.69, 9.17) is 4.74 Å². The first-order valence-electron chi connectivity index (χ1n) is 5.10. The zero-order chi connectivity index (χ0) is 12.6. The number of esters is 2. The Morgan fingerprint density at radius 2 is 1.38 bits per heavy atom. The molecule has 0 N–H and O–H groups in total. The van der Waals surface area contributed by atoms with Gasteiger partial charge in [-0.1, -0.05) is 13.2 Å². The van der Waals surface area contributed by atoms with E-state index < -0.39 is 11.9 Å². The summed E-state index contributed by atoms with van der Waals surface area (Å²) in [4.78, 5) is 21.3. The summed E-state index contributed by atoms with van der Waals surface area (Å²) in [6, 6.07) is 0. The van der Waals surface area contributed by atoms with Crippen LogP contribution in [0.1, 0.15) is 26.7 Å². The third kappa shape index (κ3) is 6.95. The molecule has 0 saturated carbocycles. The number of hydrogen-bond donors (Lipinski definition) is 0. The first-order chi connectivity index (χ1) is 7.45. The highest BCUT2D eigenvalue weighted by molar-refractivity contribution is 6.00. The average molecular weight is 226 g/mol. The van der Waals surface area contributed by atoms with E-state index in [1.54, 1.807) is 0 Å². The van der Waals surface area contributed by atoms with Gasteiger partial charge >= 0.3 is 11.9 Å². The van der Waals surface area contributed by atoms with Crippen LogP contribution in [0, 0.1) is 0 Å². The smallest absolute Gasteiger partial charge is 0.340 e. The van der Waals surface area contributed by atoms with Crippen molar-refractivity contribution in [2.45, 2.75) is 26.7 Å². The molecule has 1 aliphatic heterocycles. The molecule has 90 valence electrons. The van der Waals surface area contributed by atoms with E-state index in [1.807, 2.05) is 0 Å². The van der Waals surface area contributed by atoms with Gasteiger partial charge in [-0.25, -0.2) is 9.59 Å². The maximum Gasteiger partial charge on any atom is 0.340 e. The zero-order valence-corrected chi connectivity index (χ0v) is 9.88. The molecule has 1 aliphatic rings. The maximum absolute atomic E-state index is 10.7. The molecular weight excluding hydrogens is 208 g/mol. The van der Waals surface area contributed by atoms with E-state index in [2.05, 4.69) is 17.9 Å². The van der Waals surface area contributed by atoms with Gasteiger partial charge in [-0.3, -0.25) is 0 Å². The van der Waals surface area contributed by atoms with Crippen LogP contribution in [-0.2, 0) is 19.1 Å². The minimum atomic E-state index is -0.710. The van der Waals surface area contributed by atoms with Gasteiger partial charge in [0.25, 0.3) is 0 Å². The largest absolute Gasteiger partial charge is 0.386 e. The van der Waals surface area contributed by atoms with Crippen LogP contribution in [0.15, 0.2) is 24.3 Å². The van der Waals surface area contributed by atoms with Crippen LogP contribution in [-0.4, -0.2) is 25.2 Å². The quantitative estimate of drug-likeness (QED) is 0.410. The van der Waals surface area contributed by atoms with Gasteiger partial charge in [-0.2, -0.15) is 0 Å². The van der Waals surface area contributed by atoms with E-state index in [0.29, 0.717) is 0 Å². The lowest BCUT2D eigenvalue weighted by Gasteiger charge is -1.99. The maximum atomic E-state index is 10.7. The lowest BCUT2D eigenvalue weighted by molar-refractivity contribution is -0.153. The monoisotopic (exact) mass is 226 g/mol. The van der Waals surface area contributed by atoms with Crippen molar-refractivity contribution >= 4 is 11.9 Å². The van der Waals surface area contributed by atoms with Gasteiger partial charge in [-0.15, -0.1) is 0 Å². The molecule has 4 heteroatoms. The van der Waals surface area contributed by atoms with E-state index in [-0.39, 0.29) is 11.1 Å². The van der Waals surface area contributed by atoms with E-state index in [9.17, 15) is 9.59 Å². The lowest BCUT2D eigenvalue weighted by Crippen LogP contribution is -2.12. The summed E-state index contributed by atoms with van der Waals surface area (Å²) in [5, 5.41) is 0. The Hall–Kier alpha value is -1.42. The molecule has 0 atom stereocenters. The molecule has 0 amide bonds. The summed E-state index contributed by atoms with van der Waals surface area (Å²) in [5.74, 6) is -1.42. The van der Waals surface area contributed by atoms with Gasteiger partial charge in [-0.05, 0) is 26.7 Å². The number of carbonyl (C=O) groups is 2. The van der Waals surface area contributed by atoms with Crippen molar-refractivity contribution < 1.29 is 19.1 Å². The van der Waals surface area contributed by atoms with Crippen LogP contribution in [0.3, 0.4) is 0 Å². The summed E-state index contributed by atoms with van der Waals surface area (Å²) < 4.78 is 9.24. The minimum absolute atomic E-state index is 0.194. The summed E-state index contributed by atoms with van der Waals surface area (Å²) in [5.41, 5.74) is 0.388. The molecular formula is C12H18O4. The SMILES string of the molecule is C1CCOC1.C=C(C)C(=O)OC(=O)C(=C)C. The summed E-state index contributed by atoms with van der Waals surface area (Å²) in [7, 11) is 0. The molecule has 1 saturated heterocycles. The van der Waals surface area contributed by atoms with Crippen molar-refractivity contribution in [3.8, 4) is 0 Å². The molecule has 0 aromatic rings. The predicted octanol–water partition coefficient (Wildman–Crippen LogP) is 2.01. The molecule has 4 nitrogen and oxygen atoms in total. The number of rotatable bonds is 2. The normalized spacial score (nSPS) is 13.4. The fourth-order valence-electron chi connectivity index (χ4n) is 0.769. The van der Waals surface area contributed by atoms with Gasteiger partial charge in [0.15, 0.2) is 0 Å². The first kappa shape index (κ1) is 14.6. The van der Waals surface area contributed by atoms with Crippen LogP contribution >= 0.6 is 0 Å². The Morgan fingerprint density at radius 1 is 1.00 bits per heavy atom. The van der Waals surface area contributed by atoms with Crippen LogP contribution in [0.5, 0.6) is 0 Å². The summed E-state index contributed by atoms with van der Waals surface area (Å²) in [6.07, 6.45) is 2.56. The van der Waals surface area contributed by atoms with Crippen molar-refractivity contribution in [1.82, 2.24) is 0 Å². The molecule has 0 bridgehead atoms. The number of carbonyl (C=O) groups excluding carboxylic acids is 2. The van der Waals surface area contributed by atoms with Crippen molar-refractivity contribution in [3.63, 3.8) is 0 Å². The second-order valence-electron chi connectivity index (χ2n) is 3.56. The van der Waals surface area contributed by atoms with Crippen LogP contribution < -0.4 is 0 Å². The fraction of sp³-hybridized carbons (Fsp3) is 0.500. The topological polar surface area (TPSA) is 52.6 Å². The highest BCUT2D eigenvalue weighted by Gasteiger charge is 2.10. The third-order valence-corrected chi connectivity index (χ3v) is 1.71. The van der Waals surface area contributed by atoms with Gasteiger partial charge in [0.2, 0.25) is 0 Å². The molecule has 0 spiro atoms. The van der Waals surface area contributed by atoms with Gasteiger partial charge in [0, 0.05) is 24.4 Å². The Bertz CT molecular complexity index is 256. The average Bonchev–Trinajstić information content (AvgIpc) is 2.74. The Labute approximate surface area is 95.9 Å². The second kappa shape index (κ2) is 7.82. The molecule has 0 aromatic heterocycles. The standard InChI is InChI=1S/C8H10O3.C4H8O/c1-5(2)7(9)11-8(10)6(3)4;1-2-4-5-3-1/h1,3H2,2,4H3;1-4H2. The van der Waals surface area contributed by atoms with Crippen molar-refractivity contribution in [2.75, 3.05) is 13.2 Å². The molecule has 16 heavy (non-hydrogen) atoms. The zero-order valence-electron chi connectivity index (χ0n) is 9.88. The van der Waals surface area contributed by atoms with Crippen LogP contribution in [0.25, 0.3) is 0 Å². The highest BCUT2D eigenvalue weighted by atomic mass is 16.6. The molecule has 1 fully saturated rings. The number of hydrogen-bond acceptors (Lipinski definition) is 4. The van der Waals surface area contributed by atoms with Gasteiger partial charge in [0.1, 0.15) is 0 Å². The number of ether oxygens (including phenoxy) is 2. The summed E-state index contributed by atoms with van der Waals surface area (Å²) >= 11 is 0. The van der Waals surface area contributed by atoms with Crippen molar-refractivity contribution in [1.29, 1.82) is 0 Å². The molecule has 0 unspecified atom stereocenters. The lowest BCUT2D eigenvalue weighted by atomic mass is 10.3. The second-order valence-corrected chi connectivity index (χ2v) is 3.56.